The first-order chi connectivity index (χ1) is 15.6. The van der Waals surface area contributed by atoms with Crippen LogP contribution in [0.25, 0.3) is 0 Å². The zero-order chi connectivity index (χ0) is 23.5. The highest BCUT2D eigenvalue weighted by molar-refractivity contribution is 5.99. The molecule has 2 aromatic rings. The highest BCUT2D eigenvalue weighted by atomic mass is 19.4. The van der Waals surface area contributed by atoms with E-state index in [1.165, 1.54) is 18.3 Å². The predicted octanol–water partition coefficient (Wildman–Crippen LogP) is 2.42. The third-order valence-corrected chi connectivity index (χ3v) is 6.90. The molecule has 2 fully saturated rings. The molecular weight excluding hydrogens is 439 g/mol. The molecular formula is C22H24F3N5O3. The van der Waals surface area contributed by atoms with Gasteiger partial charge in [0, 0.05) is 30.1 Å². The maximum Gasteiger partial charge on any atom is 0.413 e. The third-order valence-electron chi connectivity index (χ3n) is 6.90. The highest BCUT2D eigenvalue weighted by Gasteiger charge is 2.60. The second-order valence-corrected chi connectivity index (χ2v) is 9.25. The lowest BCUT2D eigenvalue weighted by Gasteiger charge is -2.36. The summed E-state index contributed by atoms with van der Waals surface area (Å²) < 4.78 is 49.1. The van der Waals surface area contributed by atoms with Gasteiger partial charge in [0.1, 0.15) is 5.82 Å². The zero-order valence-electron chi connectivity index (χ0n) is 18.2. The SMILES string of the molecule is Cc1ccc(C(=O)CN2c3nc(NC[C@H]4OCC5CC54)cc(=O)n3C[C@@]2(C)C(F)(F)F)cn1. The Labute approximate surface area is 187 Å². The number of fused-ring (bicyclic) bond motifs is 2. The second kappa shape index (κ2) is 7.54. The van der Waals surface area contributed by atoms with Gasteiger partial charge in [-0.3, -0.25) is 19.1 Å². The Morgan fingerprint density at radius 1 is 1.36 bits per heavy atom. The molecule has 5 rings (SSSR count). The summed E-state index contributed by atoms with van der Waals surface area (Å²) in [4.78, 5) is 34.8. The molecule has 0 aromatic carbocycles. The lowest BCUT2D eigenvalue weighted by molar-refractivity contribution is -0.181. The summed E-state index contributed by atoms with van der Waals surface area (Å²) in [5.41, 5.74) is -2.20. The molecule has 1 saturated carbocycles. The van der Waals surface area contributed by atoms with E-state index in [-0.39, 0.29) is 23.4 Å². The van der Waals surface area contributed by atoms with Crippen LogP contribution in [0, 0.1) is 18.8 Å². The molecule has 4 atom stereocenters. The number of ketones is 1. The van der Waals surface area contributed by atoms with E-state index in [4.69, 9.17) is 4.74 Å². The van der Waals surface area contributed by atoms with Gasteiger partial charge in [-0.1, -0.05) is 0 Å². The molecule has 0 amide bonds. The van der Waals surface area contributed by atoms with E-state index in [1.54, 1.807) is 13.0 Å². The number of carbonyl (C=O) groups excluding carboxylic acids is 1. The molecule has 1 N–H and O–H groups in total. The van der Waals surface area contributed by atoms with Crippen molar-refractivity contribution in [3.05, 3.63) is 46.0 Å². The van der Waals surface area contributed by atoms with Crippen LogP contribution in [0.3, 0.4) is 0 Å². The minimum Gasteiger partial charge on any atom is -0.376 e. The van der Waals surface area contributed by atoms with Crippen molar-refractivity contribution >= 4 is 17.5 Å². The van der Waals surface area contributed by atoms with Crippen molar-refractivity contribution in [3.63, 3.8) is 0 Å². The smallest absolute Gasteiger partial charge is 0.376 e. The van der Waals surface area contributed by atoms with Crippen LogP contribution in [0.4, 0.5) is 24.9 Å². The van der Waals surface area contributed by atoms with Gasteiger partial charge in [0.05, 0.1) is 25.8 Å². The number of pyridine rings is 1. The molecule has 8 nitrogen and oxygen atoms in total. The van der Waals surface area contributed by atoms with Crippen LogP contribution in [0.1, 0.15) is 29.4 Å². The molecule has 2 aliphatic heterocycles. The maximum absolute atomic E-state index is 14.2. The number of carbonyl (C=O) groups is 1. The minimum absolute atomic E-state index is 0.0000289. The van der Waals surface area contributed by atoms with Gasteiger partial charge in [-0.25, -0.2) is 0 Å². The van der Waals surface area contributed by atoms with E-state index in [0.717, 1.165) is 22.8 Å². The topological polar surface area (TPSA) is 89.4 Å². The van der Waals surface area contributed by atoms with Gasteiger partial charge >= 0.3 is 6.18 Å². The standard InChI is InChI=1S/C22H24F3N5O3/c1-12-3-4-13(7-26-12)16(31)9-30-20-28-18(27-8-17-15-5-14(15)10-33-17)6-19(32)29(20)11-21(30,2)22(23,24)25/h3-4,6-7,14-15,17,27H,5,8-11H2,1-2H3/t14?,15?,17-,21+/m1/s1. The Balaban J connectivity index is 1.45. The fourth-order valence-corrected chi connectivity index (χ4v) is 4.61. The van der Waals surface area contributed by atoms with Crippen LogP contribution in [0.2, 0.25) is 0 Å². The summed E-state index contributed by atoms with van der Waals surface area (Å²) in [6.07, 6.45) is -2.25. The normalized spacial score (nSPS) is 27.9. The monoisotopic (exact) mass is 463 g/mol. The van der Waals surface area contributed by atoms with Crippen LogP contribution in [-0.2, 0) is 11.3 Å². The van der Waals surface area contributed by atoms with E-state index in [1.807, 2.05) is 0 Å². The van der Waals surface area contributed by atoms with Gasteiger partial charge in [0.25, 0.3) is 5.56 Å². The number of alkyl halides is 3. The van der Waals surface area contributed by atoms with Crippen LogP contribution in [0.5, 0.6) is 0 Å². The van der Waals surface area contributed by atoms with Crippen molar-refractivity contribution < 1.29 is 22.7 Å². The molecule has 176 valence electrons. The first-order valence-electron chi connectivity index (χ1n) is 10.8. The number of aromatic nitrogens is 3. The molecule has 1 saturated heterocycles. The number of halogens is 3. The molecule has 0 radical (unpaired) electrons. The number of nitrogens with zero attached hydrogens (tertiary/aromatic N) is 4. The molecule has 4 heterocycles. The number of aryl methyl sites for hydroxylation is 1. The van der Waals surface area contributed by atoms with Crippen LogP contribution < -0.4 is 15.8 Å². The Bertz CT molecular complexity index is 1150. The van der Waals surface area contributed by atoms with E-state index >= 15 is 0 Å². The number of hydrogen-bond donors (Lipinski definition) is 1. The number of anilines is 2. The first-order valence-corrected chi connectivity index (χ1v) is 10.8. The minimum atomic E-state index is -4.70. The van der Waals surface area contributed by atoms with Gasteiger partial charge in [-0.15, -0.1) is 0 Å². The molecule has 0 spiro atoms. The van der Waals surface area contributed by atoms with Crippen molar-refractivity contribution in [2.45, 2.75) is 44.6 Å². The van der Waals surface area contributed by atoms with E-state index in [9.17, 15) is 22.8 Å². The summed E-state index contributed by atoms with van der Waals surface area (Å²) in [6.45, 7) is 2.62. The molecule has 3 aliphatic rings. The lowest BCUT2D eigenvalue weighted by Crippen LogP contribution is -2.57. The lowest BCUT2D eigenvalue weighted by atomic mass is 10.00. The summed E-state index contributed by atoms with van der Waals surface area (Å²) in [7, 11) is 0. The van der Waals surface area contributed by atoms with Crippen molar-refractivity contribution in [1.29, 1.82) is 0 Å². The van der Waals surface area contributed by atoms with Gasteiger partial charge in [0.2, 0.25) is 5.95 Å². The number of nitrogens with one attached hydrogen (secondary N) is 1. The molecule has 11 heteroatoms. The molecule has 1 aliphatic carbocycles. The number of Topliss-reactive ketones (excluding diaryl/α,β-unsaturated/α-hetero) is 1. The summed E-state index contributed by atoms with van der Waals surface area (Å²) in [6, 6.07) is 4.33. The van der Waals surface area contributed by atoms with Crippen molar-refractivity contribution in [2.24, 2.45) is 11.8 Å². The van der Waals surface area contributed by atoms with Gasteiger partial charge in [-0.05, 0) is 44.2 Å². The molecule has 0 bridgehead atoms. The third kappa shape index (κ3) is 3.77. The fraction of sp³-hybridized carbons (Fsp3) is 0.545. The maximum atomic E-state index is 14.2. The van der Waals surface area contributed by atoms with E-state index < -0.39 is 36.1 Å². The van der Waals surface area contributed by atoms with Crippen LogP contribution in [-0.4, -0.2) is 57.8 Å². The summed E-state index contributed by atoms with van der Waals surface area (Å²) in [5.74, 6) is 0.507. The first kappa shape index (κ1) is 21.9. The number of hydrogen-bond acceptors (Lipinski definition) is 7. The predicted molar refractivity (Wildman–Crippen MR) is 113 cm³/mol. The van der Waals surface area contributed by atoms with E-state index in [0.29, 0.717) is 30.7 Å². The van der Waals surface area contributed by atoms with Crippen LogP contribution >= 0.6 is 0 Å². The molecule has 2 aromatic heterocycles. The average molecular weight is 463 g/mol. The summed E-state index contributed by atoms with van der Waals surface area (Å²) >= 11 is 0. The van der Waals surface area contributed by atoms with Gasteiger partial charge in [0.15, 0.2) is 11.3 Å². The highest BCUT2D eigenvalue weighted by Crippen LogP contribution is 2.48. The van der Waals surface area contributed by atoms with Gasteiger partial charge < -0.3 is 15.0 Å². The van der Waals surface area contributed by atoms with Crippen molar-refractivity contribution in [3.8, 4) is 0 Å². The van der Waals surface area contributed by atoms with Gasteiger partial charge in [-0.2, -0.15) is 18.2 Å². The Morgan fingerprint density at radius 2 is 2.15 bits per heavy atom. The Morgan fingerprint density at radius 3 is 2.76 bits per heavy atom. The van der Waals surface area contributed by atoms with Crippen molar-refractivity contribution in [1.82, 2.24) is 14.5 Å². The Kier molecular flexibility index (Phi) is 5.00. The van der Waals surface area contributed by atoms with Crippen molar-refractivity contribution in [2.75, 3.05) is 29.9 Å². The van der Waals surface area contributed by atoms with E-state index in [2.05, 4.69) is 15.3 Å². The summed E-state index contributed by atoms with van der Waals surface area (Å²) in [5, 5.41) is 3.04. The largest absolute Gasteiger partial charge is 0.413 e. The fourth-order valence-electron chi connectivity index (χ4n) is 4.61. The number of ether oxygens (including phenoxy) is 1. The second-order valence-electron chi connectivity index (χ2n) is 9.25. The van der Waals surface area contributed by atoms with Crippen LogP contribution in [0.15, 0.2) is 29.2 Å². The molecule has 33 heavy (non-hydrogen) atoms. The zero-order valence-corrected chi connectivity index (χ0v) is 18.2. The number of rotatable bonds is 6. The quantitative estimate of drug-likeness (QED) is 0.658. The average Bonchev–Trinajstić information content (AvgIpc) is 3.33. The Hall–Kier alpha value is -2.95. The molecule has 2 unspecified atom stereocenters.